The monoisotopic (exact) mass is 395 g/mol. The Labute approximate surface area is 156 Å². The number of hydrogen-bond donors (Lipinski definition) is 1. The lowest BCUT2D eigenvalue weighted by Crippen LogP contribution is -2.16. The normalized spacial score (nSPS) is 10.7. The Kier molecular flexibility index (Phi) is 4.92. The van der Waals surface area contributed by atoms with Crippen molar-refractivity contribution in [1.29, 1.82) is 0 Å². The van der Waals surface area contributed by atoms with Crippen LogP contribution in [-0.2, 0) is 6.54 Å². The van der Waals surface area contributed by atoms with Crippen molar-refractivity contribution < 1.29 is 14.2 Å². The molecule has 0 atom stereocenters. The number of aryl methyl sites for hydroxylation is 1. The first-order chi connectivity index (χ1) is 12.3. The van der Waals surface area contributed by atoms with Gasteiger partial charge in [0, 0.05) is 5.69 Å². The maximum atomic E-state index is 12.5. The van der Waals surface area contributed by atoms with Crippen molar-refractivity contribution in [2.45, 2.75) is 13.5 Å². The van der Waals surface area contributed by atoms with Crippen LogP contribution in [-0.4, -0.2) is 25.8 Å². The van der Waals surface area contributed by atoms with Crippen molar-refractivity contribution in [3.63, 3.8) is 0 Å². The van der Waals surface area contributed by atoms with Crippen LogP contribution < -0.4 is 5.32 Å². The molecule has 1 amide bonds. The van der Waals surface area contributed by atoms with Gasteiger partial charge >= 0.3 is 5.82 Å². The molecule has 0 unspecified atom stereocenters. The molecule has 3 aromatic rings. The molecule has 26 heavy (non-hydrogen) atoms. The van der Waals surface area contributed by atoms with E-state index in [9.17, 15) is 14.9 Å². The second-order valence-corrected chi connectivity index (χ2v) is 6.09. The Hall–Kier alpha value is -2.91. The van der Waals surface area contributed by atoms with E-state index in [4.69, 9.17) is 27.7 Å². The predicted molar refractivity (Wildman–Crippen MR) is 93.6 cm³/mol. The van der Waals surface area contributed by atoms with Crippen molar-refractivity contribution in [3.8, 4) is 0 Å². The highest BCUT2D eigenvalue weighted by Crippen LogP contribution is 2.25. The summed E-state index contributed by atoms with van der Waals surface area (Å²) >= 11 is 11.8. The highest BCUT2D eigenvalue weighted by atomic mass is 35.5. The van der Waals surface area contributed by atoms with Crippen LogP contribution in [0.25, 0.3) is 0 Å². The predicted octanol–water partition coefficient (Wildman–Crippen LogP) is 3.70. The Bertz CT molecular complexity index is 998. The van der Waals surface area contributed by atoms with Gasteiger partial charge in [-0.25, -0.2) is 0 Å². The van der Waals surface area contributed by atoms with Gasteiger partial charge in [0.15, 0.2) is 5.69 Å². The maximum Gasteiger partial charge on any atom is 0.389 e. The van der Waals surface area contributed by atoms with Crippen molar-refractivity contribution in [3.05, 3.63) is 67.6 Å². The molecule has 0 saturated carbocycles. The van der Waals surface area contributed by atoms with E-state index in [2.05, 4.69) is 15.6 Å². The fourth-order valence-corrected chi connectivity index (χ4v) is 2.52. The van der Waals surface area contributed by atoms with E-state index in [1.165, 1.54) is 23.0 Å². The minimum absolute atomic E-state index is 0.0479. The number of rotatable bonds is 5. The number of carbonyl (C=O) groups excluding carboxylic acids is 1. The lowest BCUT2D eigenvalue weighted by Gasteiger charge is -2.05. The van der Waals surface area contributed by atoms with Gasteiger partial charge in [-0.1, -0.05) is 28.4 Å². The van der Waals surface area contributed by atoms with Crippen LogP contribution in [0.1, 0.15) is 21.8 Å². The third-order valence-electron chi connectivity index (χ3n) is 3.51. The summed E-state index contributed by atoms with van der Waals surface area (Å²) in [6.45, 7) is 1.73. The summed E-state index contributed by atoms with van der Waals surface area (Å²) in [7, 11) is 0. The summed E-state index contributed by atoms with van der Waals surface area (Å²) in [4.78, 5) is 22.6. The third-order valence-corrected chi connectivity index (χ3v) is 4.25. The maximum absolute atomic E-state index is 12.5. The lowest BCUT2D eigenvalue weighted by atomic mass is 10.2. The molecule has 11 heteroatoms. The van der Waals surface area contributed by atoms with Gasteiger partial charge in [0.1, 0.15) is 5.76 Å². The van der Waals surface area contributed by atoms with Gasteiger partial charge in [-0.3, -0.25) is 4.79 Å². The molecule has 0 saturated heterocycles. The van der Waals surface area contributed by atoms with Crippen LogP contribution >= 0.6 is 23.2 Å². The number of nitrogens with zero attached hydrogens (tertiary/aromatic N) is 4. The summed E-state index contributed by atoms with van der Waals surface area (Å²) in [5.41, 5.74) is 0.943. The van der Waals surface area contributed by atoms with Gasteiger partial charge in [-0.05, 0) is 30.0 Å². The van der Waals surface area contributed by atoms with Crippen LogP contribution in [0.5, 0.6) is 0 Å². The Morgan fingerprint density at radius 3 is 2.77 bits per heavy atom. The second kappa shape index (κ2) is 7.14. The quantitative estimate of drug-likeness (QED) is 0.519. The summed E-state index contributed by atoms with van der Waals surface area (Å²) < 4.78 is 6.42. The zero-order valence-electron chi connectivity index (χ0n) is 13.3. The van der Waals surface area contributed by atoms with Crippen LogP contribution in [0.3, 0.4) is 0 Å². The number of hydrogen-bond acceptors (Lipinski definition) is 6. The zero-order chi connectivity index (χ0) is 18.8. The van der Waals surface area contributed by atoms with Crippen LogP contribution in [0, 0.1) is 17.0 Å². The first-order valence-corrected chi connectivity index (χ1v) is 8.00. The second-order valence-electron chi connectivity index (χ2n) is 5.28. The fraction of sp³-hybridized carbons (Fsp3) is 0.133. The molecule has 0 aliphatic carbocycles. The molecular weight excluding hydrogens is 385 g/mol. The molecule has 0 aliphatic rings. The standard InChI is InChI=1S/C15H11Cl2N5O4/c1-8-10(7-21-5-4-13(19-21)22(24)25)14(20-26-8)15(23)18-9-2-3-11(16)12(17)6-9/h2-6H,7H2,1H3,(H,18,23). The van der Waals surface area contributed by atoms with Gasteiger partial charge in [-0.15, -0.1) is 0 Å². The molecule has 0 fully saturated rings. The van der Waals surface area contributed by atoms with Gasteiger partial charge < -0.3 is 20.0 Å². The Morgan fingerprint density at radius 2 is 2.12 bits per heavy atom. The van der Waals surface area contributed by atoms with E-state index in [1.807, 2.05) is 0 Å². The van der Waals surface area contributed by atoms with Crippen LogP contribution in [0.4, 0.5) is 11.5 Å². The van der Waals surface area contributed by atoms with Crippen molar-refractivity contribution in [2.75, 3.05) is 5.32 Å². The van der Waals surface area contributed by atoms with Gasteiger partial charge in [-0.2, -0.15) is 4.68 Å². The number of halogens is 2. The molecule has 0 radical (unpaired) electrons. The molecule has 134 valence electrons. The first-order valence-electron chi connectivity index (χ1n) is 7.24. The molecule has 1 aromatic carbocycles. The van der Waals surface area contributed by atoms with E-state index < -0.39 is 10.8 Å². The molecule has 3 rings (SSSR count). The van der Waals surface area contributed by atoms with Crippen LogP contribution in [0.2, 0.25) is 10.0 Å². The molecule has 2 aromatic heterocycles. The molecule has 9 nitrogen and oxygen atoms in total. The van der Waals surface area contributed by atoms with E-state index in [-0.39, 0.29) is 18.1 Å². The number of nitrogens with one attached hydrogen (secondary N) is 1. The van der Waals surface area contributed by atoms with Crippen LogP contribution in [0.15, 0.2) is 35.0 Å². The summed E-state index contributed by atoms with van der Waals surface area (Å²) in [6.07, 6.45) is 1.44. The molecule has 2 heterocycles. The summed E-state index contributed by atoms with van der Waals surface area (Å²) in [5, 5.41) is 21.6. The number of benzene rings is 1. The minimum Gasteiger partial charge on any atom is -0.361 e. The van der Waals surface area contributed by atoms with E-state index in [0.717, 1.165) is 0 Å². The minimum atomic E-state index is -0.602. The first kappa shape index (κ1) is 17.9. The van der Waals surface area contributed by atoms with Gasteiger partial charge in [0.05, 0.1) is 39.5 Å². The summed E-state index contributed by atoms with van der Waals surface area (Å²) in [5.74, 6) is -0.403. The van der Waals surface area contributed by atoms with E-state index >= 15 is 0 Å². The lowest BCUT2D eigenvalue weighted by molar-refractivity contribution is -0.389. The van der Waals surface area contributed by atoms with Crippen molar-refractivity contribution >= 4 is 40.6 Å². The Balaban J connectivity index is 1.82. The number of carbonyl (C=O) groups is 1. The number of amides is 1. The third kappa shape index (κ3) is 3.68. The van der Waals surface area contributed by atoms with E-state index in [0.29, 0.717) is 27.1 Å². The molecule has 1 N–H and O–H groups in total. The molecular formula is C15H11Cl2N5O4. The number of anilines is 1. The number of nitro groups is 1. The fourth-order valence-electron chi connectivity index (χ4n) is 2.22. The average Bonchev–Trinajstić information content (AvgIpc) is 3.19. The summed E-state index contributed by atoms with van der Waals surface area (Å²) in [6, 6.07) is 5.91. The van der Waals surface area contributed by atoms with E-state index in [1.54, 1.807) is 19.1 Å². The molecule has 0 aliphatic heterocycles. The Morgan fingerprint density at radius 1 is 1.35 bits per heavy atom. The highest BCUT2D eigenvalue weighted by Gasteiger charge is 2.22. The van der Waals surface area contributed by atoms with Gasteiger partial charge in [0.25, 0.3) is 5.91 Å². The highest BCUT2D eigenvalue weighted by molar-refractivity contribution is 6.42. The van der Waals surface area contributed by atoms with Gasteiger partial charge in [0.2, 0.25) is 0 Å². The largest absolute Gasteiger partial charge is 0.389 e. The topological polar surface area (TPSA) is 116 Å². The number of aromatic nitrogens is 3. The van der Waals surface area contributed by atoms with Crippen molar-refractivity contribution in [2.24, 2.45) is 0 Å². The average molecular weight is 396 g/mol. The molecule has 0 bridgehead atoms. The SMILES string of the molecule is Cc1onc(C(=O)Nc2ccc(Cl)c(Cl)c2)c1Cn1ccc([N+](=O)[O-])n1. The molecule has 0 spiro atoms. The smallest absolute Gasteiger partial charge is 0.361 e. The zero-order valence-corrected chi connectivity index (χ0v) is 14.8. The van der Waals surface area contributed by atoms with Crippen molar-refractivity contribution in [1.82, 2.24) is 14.9 Å².